The largest absolute Gasteiger partial charge is 0.392 e. The average molecular weight is 265 g/mol. The predicted molar refractivity (Wildman–Crippen MR) is 83.9 cm³/mol. The zero-order valence-corrected chi connectivity index (χ0v) is 13.0. The van der Waals surface area contributed by atoms with Gasteiger partial charge in [-0.1, -0.05) is 51.2 Å². The molecule has 0 heterocycles. The average Bonchev–Trinajstić information content (AvgIpc) is 2.38. The summed E-state index contributed by atoms with van der Waals surface area (Å²) in [5.74, 6) is 0. The monoisotopic (exact) mass is 265 g/mol. The molecule has 110 valence electrons. The van der Waals surface area contributed by atoms with Crippen LogP contribution >= 0.6 is 0 Å². The van der Waals surface area contributed by atoms with E-state index < -0.39 is 0 Å². The van der Waals surface area contributed by atoms with Crippen molar-refractivity contribution in [1.82, 2.24) is 6.15 Å². The molecule has 1 rings (SSSR count). The van der Waals surface area contributed by atoms with Gasteiger partial charge in [0.15, 0.2) is 0 Å². The molecule has 0 aliphatic heterocycles. The SMILES string of the molecule is CCCCCCCCc1c(CO)ccc(C)c1C.N. The van der Waals surface area contributed by atoms with Gasteiger partial charge in [0.25, 0.3) is 0 Å². The predicted octanol–water partition coefficient (Wildman–Crippen LogP) is 4.86. The molecule has 0 fully saturated rings. The van der Waals surface area contributed by atoms with E-state index in [9.17, 15) is 5.11 Å². The van der Waals surface area contributed by atoms with E-state index in [1.54, 1.807) is 0 Å². The third-order valence-corrected chi connectivity index (χ3v) is 3.92. The van der Waals surface area contributed by atoms with Crippen molar-refractivity contribution in [2.45, 2.75) is 72.3 Å². The molecule has 1 aromatic carbocycles. The molecule has 2 nitrogen and oxygen atoms in total. The summed E-state index contributed by atoms with van der Waals surface area (Å²) in [6, 6.07) is 4.19. The molecule has 0 aromatic heterocycles. The Morgan fingerprint density at radius 1 is 0.947 bits per heavy atom. The Bertz CT molecular complexity index is 361. The van der Waals surface area contributed by atoms with Crippen molar-refractivity contribution in [3.8, 4) is 0 Å². The number of hydrogen-bond acceptors (Lipinski definition) is 2. The van der Waals surface area contributed by atoms with Crippen molar-refractivity contribution in [1.29, 1.82) is 0 Å². The smallest absolute Gasteiger partial charge is 0.0684 e. The van der Waals surface area contributed by atoms with E-state index in [2.05, 4.69) is 32.9 Å². The lowest BCUT2D eigenvalue weighted by atomic mass is 9.93. The van der Waals surface area contributed by atoms with Gasteiger partial charge in [-0.05, 0) is 48.9 Å². The van der Waals surface area contributed by atoms with E-state index in [0.29, 0.717) is 0 Å². The first-order valence-electron chi connectivity index (χ1n) is 7.39. The Kier molecular flexibility index (Phi) is 9.54. The second-order valence-corrected chi connectivity index (χ2v) is 5.32. The minimum atomic E-state index is 0. The first kappa shape index (κ1) is 18.1. The third kappa shape index (κ3) is 5.75. The second kappa shape index (κ2) is 9.99. The quantitative estimate of drug-likeness (QED) is 0.659. The molecule has 19 heavy (non-hydrogen) atoms. The Morgan fingerprint density at radius 3 is 2.21 bits per heavy atom. The normalized spacial score (nSPS) is 10.3. The van der Waals surface area contributed by atoms with Gasteiger partial charge in [-0.15, -0.1) is 0 Å². The molecule has 0 unspecified atom stereocenters. The number of benzene rings is 1. The van der Waals surface area contributed by atoms with Crippen LogP contribution in [0, 0.1) is 13.8 Å². The van der Waals surface area contributed by atoms with Crippen molar-refractivity contribution < 1.29 is 5.11 Å². The highest BCUT2D eigenvalue weighted by Crippen LogP contribution is 2.21. The minimum Gasteiger partial charge on any atom is -0.392 e. The molecule has 1 aromatic rings. The maximum absolute atomic E-state index is 9.41. The topological polar surface area (TPSA) is 55.2 Å². The molecule has 0 saturated heterocycles. The molecule has 2 heteroatoms. The zero-order chi connectivity index (χ0) is 13.4. The van der Waals surface area contributed by atoms with Gasteiger partial charge in [-0.3, -0.25) is 0 Å². The lowest BCUT2D eigenvalue weighted by molar-refractivity contribution is 0.280. The van der Waals surface area contributed by atoms with Crippen LogP contribution in [-0.2, 0) is 13.0 Å². The number of hydrogen-bond donors (Lipinski definition) is 2. The summed E-state index contributed by atoms with van der Waals surface area (Å²) in [5.41, 5.74) is 5.21. The lowest BCUT2D eigenvalue weighted by Crippen LogP contribution is -2.00. The van der Waals surface area contributed by atoms with Crippen LogP contribution in [0.1, 0.15) is 67.7 Å². The van der Waals surface area contributed by atoms with Crippen molar-refractivity contribution in [3.63, 3.8) is 0 Å². The van der Waals surface area contributed by atoms with Gasteiger partial charge in [0.05, 0.1) is 6.61 Å². The molecule has 0 spiro atoms. The third-order valence-electron chi connectivity index (χ3n) is 3.92. The van der Waals surface area contributed by atoms with Gasteiger partial charge in [0, 0.05) is 0 Å². The standard InChI is InChI=1S/C17H28O.H3N/c1-4-5-6-7-8-9-10-17-15(3)14(2)11-12-16(17)13-18;/h11-12,18H,4-10,13H2,1-3H3;1H3. The molecular formula is C17H31NO. The van der Waals surface area contributed by atoms with Gasteiger partial charge >= 0.3 is 0 Å². The molecule has 0 amide bonds. The molecule has 0 saturated carbocycles. The highest BCUT2D eigenvalue weighted by atomic mass is 16.3. The van der Waals surface area contributed by atoms with Crippen LogP contribution in [0.15, 0.2) is 12.1 Å². The molecule has 4 N–H and O–H groups in total. The van der Waals surface area contributed by atoms with Crippen LogP contribution in [0.3, 0.4) is 0 Å². The highest BCUT2D eigenvalue weighted by Gasteiger charge is 2.07. The fourth-order valence-electron chi connectivity index (χ4n) is 2.51. The Hall–Kier alpha value is -0.860. The fraction of sp³-hybridized carbons (Fsp3) is 0.647. The van der Waals surface area contributed by atoms with E-state index in [0.717, 1.165) is 12.0 Å². The molecule has 0 aliphatic carbocycles. The number of aliphatic hydroxyl groups excluding tert-OH is 1. The summed E-state index contributed by atoms with van der Waals surface area (Å²) in [5, 5.41) is 9.41. The van der Waals surface area contributed by atoms with E-state index in [-0.39, 0.29) is 12.8 Å². The fourth-order valence-corrected chi connectivity index (χ4v) is 2.51. The molecule has 0 atom stereocenters. The van der Waals surface area contributed by atoms with E-state index in [1.165, 1.54) is 55.2 Å². The Balaban J connectivity index is 0.00000324. The molecule has 0 aliphatic rings. The minimum absolute atomic E-state index is 0. The molecule has 0 radical (unpaired) electrons. The number of aliphatic hydroxyl groups is 1. The number of aryl methyl sites for hydroxylation is 1. The zero-order valence-electron chi connectivity index (χ0n) is 13.0. The van der Waals surface area contributed by atoms with Gasteiger partial charge in [-0.25, -0.2) is 0 Å². The van der Waals surface area contributed by atoms with Crippen molar-refractivity contribution in [2.75, 3.05) is 0 Å². The van der Waals surface area contributed by atoms with E-state index >= 15 is 0 Å². The summed E-state index contributed by atoms with van der Waals surface area (Å²) in [6.45, 7) is 6.76. The summed E-state index contributed by atoms with van der Waals surface area (Å²) in [6.07, 6.45) is 9.09. The van der Waals surface area contributed by atoms with Crippen LogP contribution < -0.4 is 6.15 Å². The number of rotatable bonds is 8. The summed E-state index contributed by atoms with van der Waals surface area (Å²) in [7, 11) is 0. The first-order valence-corrected chi connectivity index (χ1v) is 7.39. The Labute approximate surface area is 118 Å². The lowest BCUT2D eigenvalue weighted by Gasteiger charge is -2.13. The van der Waals surface area contributed by atoms with Crippen LogP contribution in [0.4, 0.5) is 0 Å². The van der Waals surface area contributed by atoms with Crippen LogP contribution in [0.25, 0.3) is 0 Å². The first-order chi connectivity index (χ1) is 8.70. The molecule has 0 bridgehead atoms. The number of unbranched alkanes of at least 4 members (excludes halogenated alkanes) is 5. The van der Waals surface area contributed by atoms with E-state index in [1.807, 2.05) is 0 Å². The van der Waals surface area contributed by atoms with Crippen LogP contribution in [-0.4, -0.2) is 5.11 Å². The van der Waals surface area contributed by atoms with Crippen molar-refractivity contribution in [3.05, 3.63) is 34.4 Å². The Morgan fingerprint density at radius 2 is 1.58 bits per heavy atom. The second-order valence-electron chi connectivity index (χ2n) is 5.32. The summed E-state index contributed by atoms with van der Waals surface area (Å²) >= 11 is 0. The van der Waals surface area contributed by atoms with Crippen LogP contribution in [0.5, 0.6) is 0 Å². The molecular weight excluding hydrogens is 234 g/mol. The maximum atomic E-state index is 9.41. The summed E-state index contributed by atoms with van der Waals surface area (Å²) in [4.78, 5) is 0. The summed E-state index contributed by atoms with van der Waals surface area (Å²) < 4.78 is 0. The maximum Gasteiger partial charge on any atom is 0.0684 e. The van der Waals surface area contributed by atoms with Crippen molar-refractivity contribution in [2.24, 2.45) is 0 Å². The highest BCUT2D eigenvalue weighted by molar-refractivity contribution is 5.39. The van der Waals surface area contributed by atoms with Gasteiger partial charge in [0.1, 0.15) is 0 Å². The van der Waals surface area contributed by atoms with E-state index in [4.69, 9.17) is 0 Å². The van der Waals surface area contributed by atoms with Gasteiger partial charge in [0.2, 0.25) is 0 Å². The van der Waals surface area contributed by atoms with Crippen molar-refractivity contribution >= 4 is 0 Å². The van der Waals surface area contributed by atoms with Crippen LogP contribution in [0.2, 0.25) is 0 Å². The van der Waals surface area contributed by atoms with Gasteiger partial charge < -0.3 is 11.3 Å². The van der Waals surface area contributed by atoms with Gasteiger partial charge in [-0.2, -0.15) is 0 Å².